The van der Waals surface area contributed by atoms with Gasteiger partial charge in [0.05, 0.1) is 12.1 Å². The number of amides is 1. The number of carbonyl (C=O) groups is 1. The summed E-state index contributed by atoms with van der Waals surface area (Å²) in [4.78, 5) is 16.6. The molecule has 1 saturated heterocycles. The quantitative estimate of drug-likeness (QED) is 0.745. The third-order valence-electron chi connectivity index (χ3n) is 5.73. The fraction of sp³-hybridized carbons (Fsp3) is 0.667. The zero-order valence-corrected chi connectivity index (χ0v) is 16.2. The standard InChI is InChI=1S/C21H34N2O2/c1-5-16(3)22(17(4)6-2)15-20(24)19-12-13-21(25)23(19)14-18-10-8-7-9-11-18/h7-11,16-17,19-20,24H,5-6,12-15H2,1-4H3/t16?,17?,19-,20-/m0/s1. The number of hydrogen-bond donors (Lipinski definition) is 1. The van der Waals surface area contributed by atoms with Gasteiger partial charge in [-0.1, -0.05) is 44.2 Å². The molecule has 4 heteroatoms. The van der Waals surface area contributed by atoms with Crippen LogP contribution in [-0.4, -0.2) is 51.6 Å². The molecule has 1 aliphatic rings. The van der Waals surface area contributed by atoms with Crippen LogP contribution in [0.1, 0.15) is 58.9 Å². The van der Waals surface area contributed by atoms with Crippen LogP contribution < -0.4 is 0 Å². The molecule has 0 bridgehead atoms. The van der Waals surface area contributed by atoms with Gasteiger partial charge in [-0.2, -0.15) is 0 Å². The van der Waals surface area contributed by atoms with Crippen molar-refractivity contribution in [1.82, 2.24) is 9.80 Å². The summed E-state index contributed by atoms with van der Waals surface area (Å²) in [7, 11) is 0. The van der Waals surface area contributed by atoms with E-state index in [4.69, 9.17) is 0 Å². The Balaban J connectivity index is 2.07. The number of hydrogen-bond acceptors (Lipinski definition) is 3. The lowest BCUT2D eigenvalue weighted by atomic mass is 10.0. The van der Waals surface area contributed by atoms with Crippen LogP contribution in [0.2, 0.25) is 0 Å². The van der Waals surface area contributed by atoms with E-state index in [0.29, 0.717) is 31.6 Å². The van der Waals surface area contributed by atoms with Gasteiger partial charge in [0.1, 0.15) is 0 Å². The first kappa shape index (κ1) is 19.9. The average Bonchev–Trinajstić information content (AvgIpc) is 2.99. The molecule has 4 nitrogen and oxygen atoms in total. The van der Waals surface area contributed by atoms with Crippen LogP contribution in [0.25, 0.3) is 0 Å². The molecular formula is C21H34N2O2. The maximum absolute atomic E-state index is 12.4. The Labute approximate surface area is 152 Å². The molecule has 1 amide bonds. The minimum atomic E-state index is -0.502. The molecule has 4 atom stereocenters. The highest BCUT2D eigenvalue weighted by atomic mass is 16.3. The molecule has 25 heavy (non-hydrogen) atoms. The molecule has 2 rings (SSSR count). The Kier molecular flexibility index (Phi) is 7.45. The second-order valence-corrected chi connectivity index (χ2v) is 7.39. The highest BCUT2D eigenvalue weighted by Gasteiger charge is 2.37. The first-order chi connectivity index (χ1) is 12.0. The molecule has 1 aromatic carbocycles. The summed E-state index contributed by atoms with van der Waals surface area (Å²) in [5.41, 5.74) is 1.12. The van der Waals surface area contributed by atoms with E-state index in [0.717, 1.165) is 24.8 Å². The summed E-state index contributed by atoms with van der Waals surface area (Å²) in [6.45, 7) is 10.0. The van der Waals surface area contributed by atoms with Crippen LogP contribution in [-0.2, 0) is 11.3 Å². The Morgan fingerprint density at radius 2 is 1.76 bits per heavy atom. The minimum Gasteiger partial charge on any atom is -0.390 e. The zero-order chi connectivity index (χ0) is 18.4. The zero-order valence-electron chi connectivity index (χ0n) is 16.2. The Morgan fingerprint density at radius 1 is 1.16 bits per heavy atom. The van der Waals surface area contributed by atoms with Crippen molar-refractivity contribution in [3.8, 4) is 0 Å². The van der Waals surface area contributed by atoms with E-state index in [1.807, 2.05) is 35.2 Å². The molecule has 0 saturated carbocycles. The van der Waals surface area contributed by atoms with Gasteiger partial charge in [0.2, 0.25) is 5.91 Å². The van der Waals surface area contributed by atoms with Crippen molar-refractivity contribution in [2.24, 2.45) is 0 Å². The van der Waals surface area contributed by atoms with Crippen LogP contribution in [0.15, 0.2) is 30.3 Å². The maximum atomic E-state index is 12.4. The molecular weight excluding hydrogens is 312 g/mol. The molecule has 1 fully saturated rings. The molecule has 140 valence electrons. The third kappa shape index (κ3) is 5.05. The fourth-order valence-electron chi connectivity index (χ4n) is 3.74. The largest absolute Gasteiger partial charge is 0.390 e. The number of nitrogens with zero attached hydrogens (tertiary/aromatic N) is 2. The van der Waals surface area contributed by atoms with Crippen LogP contribution in [0.5, 0.6) is 0 Å². The van der Waals surface area contributed by atoms with Gasteiger partial charge in [0, 0.05) is 31.6 Å². The number of benzene rings is 1. The van der Waals surface area contributed by atoms with E-state index < -0.39 is 6.10 Å². The van der Waals surface area contributed by atoms with Crippen molar-refractivity contribution in [2.75, 3.05) is 6.54 Å². The first-order valence-corrected chi connectivity index (χ1v) is 9.75. The lowest BCUT2D eigenvalue weighted by Crippen LogP contribution is -2.50. The van der Waals surface area contributed by atoms with E-state index in [9.17, 15) is 9.90 Å². The van der Waals surface area contributed by atoms with Crippen LogP contribution in [0, 0.1) is 0 Å². The number of aliphatic hydroxyl groups is 1. The summed E-state index contributed by atoms with van der Waals surface area (Å²) in [5.74, 6) is 0.159. The van der Waals surface area contributed by atoms with Gasteiger partial charge in [-0.15, -0.1) is 0 Å². The van der Waals surface area contributed by atoms with Crippen LogP contribution >= 0.6 is 0 Å². The summed E-state index contributed by atoms with van der Waals surface area (Å²) in [6.07, 6.45) is 2.92. The van der Waals surface area contributed by atoms with Gasteiger partial charge in [0.15, 0.2) is 0 Å². The van der Waals surface area contributed by atoms with Gasteiger partial charge < -0.3 is 10.0 Å². The van der Waals surface area contributed by atoms with Crippen molar-refractivity contribution in [3.63, 3.8) is 0 Å². The normalized spacial score (nSPS) is 21.6. The molecule has 2 unspecified atom stereocenters. The van der Waals surface area contributed by atoms with E-state index in [1.165, 1.54) is 0 Å². The second kappa shape index (κ2) is 9.35. The molecule has 0 spiro atoms. The number of likely N-dealkylation sites (tertiary alicyclic amines) is 1. The van der Waals surface area contributed by atoms with E-state index >= 15 is 0 Å². The summed E-state index contributed by atoms with van der Waals surface area (Å²) in [6, 6.07) is 10.8. The highest BCUT2D eigenvalue weighted by molar-refractivity contribution is 5.78. The SMILES string of the molecule is CCC(C)N(C[C@H](O)[C@@H]1CCC(=O)N1Cc1ccccc1)C(C)CC. The molecule has 1 aliphatic heterocycles. The Hall–Kier alpha value is -1.39. The summed E-state index contributed by atoms with van der Waals surface area (Å²) >= 11 is 0. The van der Waals surface area contributed by atoms with E-state index in [-0.39, 0.29) is 11.9 Å². The van der Waals surface area contributed by atoms with Crippen molar-refractivity contribution < 1.29 is 9.90 Å². The molecule has 0 radical (unpaired) electrons. The lowest BCUT2D eigenvalue weighted by Gasteiger charge is -2.38. The third-order valence-corrected chi connectivity index (χ3v) is 5.73. The van der Waals surface area contributed by atoms with E-state index in [1.54, 1.807) is 0 Å². The topological polar surface area (TPSA) is 43.8 Å². The van der Waals surface area contributed by atoms with Gasteiger partial charge in [-0.25, -0.2) is 0 Å². The molecule has 0 aromatic heterocycles. The number of carbonyl (C=O) groups excluding carboxylic acids is 1. The Bertz CT molecular complexity index is 524. The van der Waals surface area contributed by atoms with Crippen molar-refractivity contribution in [3.05, 3.63) is 35.9 Å². The Morgan fingerprint density at radius 3 is 2.32 bits per heavy atom. The predicted octanol–water partition coefficient (Wildman–Crippen LogP) is 3.44. The van der Waals surface area contributed by atoms with Crippen molar-refractivity contribution in [2.45, 2.75) is 84.2 Å². The van der Waals surface area contributed by atoms with Gasteiger partial charge >= 0.3 is 0 Å². The molecule has 1 aromatic rings. The molecule has 0 aliphatic carbocycles. The van der Waals surface area contributed by atoms with Crippen LogP contribution in [0.3, 0.4) is 0 Å². The highest BCUT2D eigenvalue weighted by Crippen LogP contribution is 2.25. The lowest BCUT2D eigenvalue weighted by molar-refractivity contribution is -0.131. The van der Waals surface area contributed by atoms with Crippen molar-refractivity contribution >= 4 is 5.91 Å². The van der Waals surface area contributed by atoms with E-state index in [2.05, 4.69) is 32.6 Å². The summed E-state index contributed by atoms with van der Waals surface area (Å²) < 4.78 is 0. The number of aliphatic hydroxyl groups excluding tert-OH is 1. The van der Waals surface area contributed by atoms with Crippen LogP contribution in [0.4, 0.5) is 0 Å². The average molecular weight is 347 g/mol. The smallest absolute Gasteiger partial charge is 0.223 e. The monoisotopic (exact) mass is 346 g/mol. The maximum Gasteiger partial charge on any atom is 0.223 e. The number of rotatable bonds is 9. The van der Waals surface area contributed by atoms with Gasteiger partial charge in [-0.05, 0) is 38.7 Å². The van der Waals surface area contributed by atoms with Crippen molar-refractivity contribution in [1.29, 1.82) is 0 Å². The molecule has 1 heterocycles. The molecule has 1 N–H and O–H groups in total. The first-order valence-electron chi connectivity index (χ1n) is 9.75. The van der Waals surface area contributed by atoms with Gasteiger partial charge in [-0.3, -0.25) is 9.69 Å². The summed E-state index contributed by atoms with van der Waals surface area (Å²) in [5, 5.41) is 10.9. The predicted molar refractivity (Wildman–Crippen MR) is 102 cm³/mol. The van der Waals surface area contributed by atoms with Gasteiger partial charge in [0.25, 0.3) is 0 Å². The fourth-order valence-corrected chi connectivity index (χ4v) is 3.74. The minimum absolute atomic E-state index is 0.0803. The second-order valence-electron chi connectivity index (χ2n) is 7.39.